The Morgan fingerprint density at radius 1 is 0.500 bits per heavy atom. The van der Waals surface area contributed by atoms with Gasteiger partial charge in [0.15, 0.2) is 0 Å². The summed E-state index contributed by atoms with van der Waals surface area (Å²) in [5, 5.41) is 16.7. The molecule has 0 amide bonds. The van der Waals surface area contributed by atoms with Gasteiger partial charge in [-0.15, -0.1) is 0 Å². The number of rotatable bonds is 10. The standard InChI is InChI=1S/C8H18O5.3H2O/c9-1-3-11-5-7-13-8-6-12-4-2-10;;;/h9-10H,1-8H2;3*1H2. The maximum Gasteiger partial charge on any atom is 0.0701 e. The predicted molar refractivity (Wildman–Crippen MR) is 57.5 cm³/mol. The zero-order valence-electron chi connectivity index (χ0n) is 9.28. The van der Waals surface area contributed by atoms with Crippen LogP contribution in [-0.4, -0.2) is 79.5 Å². The Balaban J connectivity index is -0.000000240. The minimum Gasteiger partial charge on any atom is -0.412 e. The lowest BCUT2D eigenvalue weighted by Gasteiger charge is -2.04. The molecule has 8 N–H and O–H groups in total. The Morgan fingerprint density at radius 3 is 1.00 bits per heavy atom. The SMILES string of the molecule is O.O.O.OCCOCCOCCOCCO. The summed E-state index contributed by atoms with van der Waals surface area (Å²) in [7, 11) is 0. The molecule has 0 saturated heterocycles. The van der Waals surface area contributed by atoms with Crippen LogP contribution in [0.1, 0.15) is 0 Å². The summed E-state index contributed by atoms with van der Waals surface area (Å²) in [5.74, 6) is 0. The Bertz CT molecular complexity index is 82.1. The van der Waals surface area contributed by atoms with Gasteiger partial charge in [-0.2, -0.15) is 0 Å². The predicted octanol–water partition coefficient (Wildman–Crippen LogP) is -3.45. The molecule has 0 aliphatic carbocycles. The molecule has 0 saturated carbocycles. The molecule has 16 heavy (non-hydrogen) atoms. The summed E-state index contributed by atoms with van der Waals surface area (Å²) in [6, 6.07) is 0. The van der Waals surface area contributed by atoms with E-state index in [1.54, 1.807) is 0 Å². The van der Waals surface area contributed by atoms with Crippen LogP contribution in [-0.2, 0) is 14.2 Å². The summed E-state index contributed by atoms with van der Waals surface area (Å²) < 4.78 is 15.0. The quantitative estimate of drug-likeness (QED) is 0.383. The van der Waals surface area contributed by atoms with E-state index in [0.717, 1.165) is 0 Å². The lowest BCUT2D eigenvalue weighted by Crippen LogP contribution is -2.11. The van der Waals surface area contributed by atoms with Crippen LogP contribution < -0.4 is 0 Å². The van der Waals surface area contributed by atoms with Crippen molar-refractivity contribution < 1.29 is 40.9 Å². The van der Waals surface area contributed by atoms with Gasteiger partial charge in [0.25, 0.3) is 0 Å². The maximum absolute atomic E-state index is 8.36. The second-order valence-electron chi connectivity index (χ2n) is 2.28. The molecule has 104 valence electrons. The van der Waals surface area contributed by atoms with Crippen LogP contribution in [0.2, 0.25) is 0 Å². The molecule has 0 aliphatic heterocycles. The van der Waals surface area contributed by atoms with E-state index in [0.29, 0.717) is 39.6 Å². The molecule has 0 spiro atoms. The molecule has 0 heterocycles. The molecule has 0 bridgehead atoms. The van der Waals surface area contributed by atoms with Crippen molar-refractivity contribution >= 4 is 0 Å². The molecule has 0 aromatic heterocycles. The van der Waals surface area contributed by atoms with Gasteiger partial charge in [-0.1, -0.05) is 0 Å². The third kappa shape index (κ3) is 23.5. The smallest absolute Gasteiger partial charge is 0.0701 e. The van der Waals surface area contributed by atoms with Crippen molar-refractivity contribution in [2.75, 3.05) is 52.9 Å². The Morgan fingerprint density at radius 2 is 0.750 bits per heavy atom. The molecule has 0 aromatic rings. The Labute approximate surface area is 94.7 Å². The molecule has 0 rings (SSSR count). The van der Waals surface area contributed by atoms with Crippen molar-refractivity contribution in [3.05, 3.63) is 0 Å². The van der Waals surface area contributed by atoms with Crippen molar-refractivity contribution in [2.24, 2.45) is 0 Å². The number of hydrogen-bond donors (Lipinski definition) is 2. The number of aliphatic hydroxyl groups is 2. The molecule has 8 nitrogen and oxygen atoms in total. The maximum atomic E-state index is 8.36. The molecule has 0 fully saturated rings. The molecule has 0 atom stereocenters. The van der Waals surface area contributed by atoms with Crippen LogP contribution in [0, 0.1) is 0 Å². The first-order valence-electron chi connectivity index (χ1n) is 4.36. The highest BCUT2D eigenvalue weighted by Gasteiger charge is 1.89. The lowest BCUT2D eigenvalue weighted by molar-refractivity contribution is 0.00230. The van der Waals surface area contributed by atoms with Crippen LogP contribution in [0.25, 0.3) is 0 Å². The zero-order valence-corrected chi connectivity index (χ0v) is 9.28. The largest absolute Gasteiger partial charge is 0.412 e. The number of ether oxygens (including phenoxy) is 3. The van der Waals surface area contributed by atoms with E-state index >= 15 is 0 Å². The van der Waals surface area contributed by atoms with Gasteiger partial charge in [-0.3, -0.25) is 0 Å². The minimum atomic E-state index is 0. The summed E-state index contributed by atoms with van der Waals surface area (Å²) in [6.07, 6.45) is 0. The molecule has 0 radical (unpaired) electrons. The Kier molecular flexibility index (Phi) is 37.3. The van der Waals surface area contributed by atoms with Crippen molar-refractivity contribution in [1.82, 2.24) is 0 Å². The lowest BCUT2D eigenvalue weighted by atomic mass is 10.7. The highest BCUT2D eigenvalue weighted by molar-refractivity contribution is 4.33. The van der Waals surface area contributed by atoms with Crippen molar-refractivity contribution in [3.8, 4) is 0 Å². The van der Waals surface area contributed by atoms with Crippen LogP contribution in [0.5, 0.6) is 0 Å². The molecule has 0 unspecified atom stereocenters. The van der Waals surface area contributed by atoms with Gasteiger partial charge in [0, 0.05) is 0 Å². The Hall–Kier alpha value is -0.320. The molecular weight excluding hydrogens is 224 g/mol. The average Bonchev–Trinajstić information content (AvgIpc) is 2.16. The van der Waals surface area contributed by atoms with Gasteiger partial charge < -0.3 is 40.9 Å². The third-order valence-corrected chi connectivity index (χ3v) is 1.22. The van der Waals surface area contributed by atoms with E-state index in [2.05, 4.69) is 0 Å². The van der Waals surface area contributed by atoms with Crippen molar-refractivity contribution in [1.29, 1.82) is 0 Å². The van der Waals surface area contributed by atoms with Gasteiger partial charge >= 0.3 is 0 Å². The van der Waals surface area contributed by atoms with Gasteiger partial charge in [0.05, 0.1) is 52.9 Å². The highest BCUT2D eigenvalue weighted by atomic mass is 16.5. The van der Waals surface area contributed by atoms with E-state index < -0.39 is 0 Å². The summed E-state index contributed by atoms with van der Waals surface area (Å²) in [5.41, 5.74) is 0. The molecule has 0 aromatic carbocycles. The molecular formula is C8H24O8. The van der Waals surface area contributed by atoms with Gasteiger partial charge in [0.1, 0.15) is 0 Å². The second kappa shape index (κ2) is 24.1. The normalized spacial score (nSPS) is 8.62. The van der Waals surface area contributed by atoms with E-state index in [1.165, 1.54) is 0 Å². The molecule has 0 aliphatic rings. The summed E-state index contributed by atoms with van der Waals surface area (Å²) in [4.78, 5) is 0. The summed E-state index contributed by atoms with van der Waals surface area (Å²) >= 11 is 0. The average molecular weight is 248 g/mol. The fourth-order valence-corrected chi connectivity index (χ4v) is 0.671. The first kappa shape index (κ1) is 24.8. The number of aliphatic hydroxyl groups excluding tert-OH is 2. The van der Waals surface area contributed by atoms with E-state index in [9.17, 15) is 0 Å². The number of hydrogen-bond acceptors (Lipinski definition) is 5. The zero-order chi connectivity index (χ0) is 9.78. The highest BCUT2D eigenvalue weighted by Crippen LogP contribution is 1.80. The van der Waals surface area contributed by atoms with Crippen LogP contribution >= 0.6 is 0 Å². The second-order valence-corrected chi connectivity index (χ2v) is 2.28. The minimum absolute atomic E-state index is 0. The van der Waals surface area contributed by atoms with Crippen molar-refractivity contribution in [2.45, 2.75) is 0 Å². The topological polar surface area (TPSA) is 163 Å². The van der Waals surface area contributed by atoms with E-state index in [-0.39, 0.29) is 29.6 Å². The van der Waals surface area contributed by atoms with Crippen LogP contribution in [0.4, 0.5) is 0 Å². The monoisotopic (exact) mass is 248 g/mol. The van der Waals surface area contributed by atoms with Crippen LogP contribution in [0.15, 0.2) is 0 Å². The fourth-order valence-electron chi connectivity index (χ4n) is 0.671. The first-order chi connectivity index (χ1) is 6.41. The van der Waals surface area contributed by atoms with E-state index in [4.69, 9.17) is 24.4 Å². The van der Waals surface area contributed by atoms with Gasteiger partial charge in [-0.05, 0) is 0 Å². The van der Waals surface area contributed by atoms with Gasteiger partial charge in [0.2, 0.25) is 0 Å². The van der Waals surface area contributed by atoms with Gasteiger partial charge in [-0.25, -0.2) is 0 Å². The third-order valence-electron chi connectivity index (χ3n) is 1.22. The van der Waals surface area contributed by atoms with Crippen molar-refractivity contribution in [3.63, 3.8) is 0 Å². The van der Waals surface area contributed by atoms with E-state index in [1.807, 2.05) is 0 Å². The van der Waals surface area contributed by atoms with Crippen LogP contribution in [0.3, 0.4) is 0 Å². The first-order valence-corrected chi connectivity index (χ1v) is 4.36. The fraction of sp³-hybridized carbons (Fsp3) is 1.00. The summed E-state index contributed by atoms with van der Waals surface area (Å²) in [6.45, 7) is 2.76. The molecule has 8 heteroatoms.